The third kappa shape index (κ3) is 4.36. The lowest BCUT2D eigenvalue weighted by molar-refractivity contribution is -0.145. The van der Waals surface area contributed by atoms with Crippen LogP contribution >= 0.6 is 0 Å². The normalized spacial score (nSPS) is 19.0. The molecular formula is C31H34O3. The van der Waals surface area contributed by atoms with Gasteiger partial charge in [-0.05, 0) is 90.0 Å². The summed E-state index contributed by atoms with van der Waals surface area (Å²) in [5.41, 5.74) is 9.01. The summed E-state index contributed by atoms with van der Waals surface area (Å²) in [7, 11) is 1.49. The first kappa shape index (κ1) is 22.7. The number of benzene rings is 3. The maximum Gasteiger partial charge on any atom is 0.309 e. The lowest BCUT2D eigenvalue weighted by Crippen LogP contribution is -2.23. The van der Waals surface area contributed by atoms with Crippen molar-refractivity contribution in [1.82, 2.24) is 0 Å². The monoisotopic (exact) mass is 454 g/mol. The van der Waals surface area contributed by atoms with Gasteiger partial charge in [0.2, 0.25) is 0 Å². The number of carbonyl (C=O) groups is 1. The summed E-state index contributed by atoms with van der Waals surface area (Å²) in [6.07, 6.45) is 3.33. The quantitative estimate of drug-likeness (QED) is 0.377. The van der Waals surface area contributed by atoms with Crippen LogP contribution in [0.1, 0.15) is 59.4 Å². The predicted molar refractivity (Wildman–Crippen MR) is 136 cm³/mol. The van der Waals surface area contributed by atoms with Crippen LogP contribution < -0.4 is 4.74 Å². The molecule has 5 rings (SSSR count). The van der Waals surface area contributed by atoms with E-state index in [4.69, 9.17) is 9.47 Å². The van der Waals surface area contributed by atoms with Crippen LogP contribution in [0.5, 0.6) is 5.75 Å². The molecule has 3 heteroatoms. The van der Waals surface area contributed by atoms with Gasteiger partial charge in [0.1, 0.15) is 5.75 Å². The molecule has 1 heterocycles. The van der Waals surface area contributed by atoms with Gasteiger partial charge in [-0.25, -0.2) is 0 Å². The van der Waals surface area contributed by atoms with Crippen molar-refractivity contribution in [2.45, 2.75) is 51.9 Å². The number of hydrogen-bond acceptors (Lipinski definition) is 3. The Labute approximate surface area is 203 Å². The second-order valence-electron chi connectivity index (χ2n) is 10.1. The smallest absolute Gasteiger partial charge is 0.309 e. The van der Waals surface area contributed by atoms with Crippen molar-refractivity contribution in [1.29, 1.82) is 0 Å². The van der Waals surface area contributed by atoms with Gasteiger partial charge in [0.05, 0.1) is 19.6 Å². The van der Waals surface area contributed by atoms with Crippen LogP contribution in [0.3, 0.4) is 0 Å². The van der Waals surface area contributed by atoms with E-state index in [1.807, 2.05) is 6.92 Å². The molecule has 1 saturated carbocycles. The van der Waals surface area contributed by atoms with Crippen LogP contribution in [0.2, 0.25) is 0 Å². The minimum atomic E-state index is -0.131. The number of esters is 1. The second kappa shape index (κ2) is 9.29. The van der Waals surface area contributed by atoms with Gasteiger partial charge >= 0.3 is 5.97 Å². The number of methoxy groups -OCH3 is 1. The molecule has 1 aliphatic carbocycles. The van der Waals surface area contributed by atoms with E-state index in [0.717, 1.165) is 12.2 Å². The summed E-state index contributed by atoms with van der Waals surface area (Å²) in [5.74, 6) is 1.85. The highest BCUT2D eigenvalue weighted by atomic mass is 16.5. The molecule has 0 bridgehead atoms. The van der Waals surface area contributed by atoms with Gasteiger partial charge in [-0.1, -0.05) is 61.5 Å². The fraction of sp³-hybridized carbons (Fsp3) is 0.387. The largest absolute Gasteiger partial charge is 0.493 e. The third-order valence-corrected chi connectivity index (χ3v) is 7.77. The molecular weight excluding hydrogens is 420 g/mol. The number of carbonyl (C=O) groups excluding carboxylic acids is 1. The first-order valence-corrected chi connectivity index (χ1v) is 12.5. The van der Waals surface area contributed by atoms with Gasteiger partial charge in [-0.3, -0.25) is 4.79 Å². The molecule has 3 nitrogen and oxygen atoms in total. The summed E-state index contributed by atoms with van der Waals surface area (Å²) < 4.78 is 11.3. The maximum absolute atomic E-state index is 12.3. The van der Waals surface area contributed by atoms with E-state index >= 15 is 0 Å². The van der Waals surface area contributed by atoms with Gasteiger partial charge in [0.25, 0.3) is 0 Å². The van der Waals surface area contributed by atoms with Crippen molar-refractivity contribution >= 4 is 5.97 Å². The molecule has 0 saturated heterocycles. The minimum absolute atomic E-state index is 0.118. The van der Waals surface area contributed by atoms with Gasteiger partial charge in [0.15, 0.2) is 0 Å². The van der Waals surface area contributed by atoms with Crippen LogP contribution in [0.25, 0.3) is 11.1 Å². The summed E-state index contributed by atoms with van der Waals surface area (Å²) in [5, 5.41) is 0. The molecule has 34 heavy (non-hydrogen) atoms. The fourth-order valence-corrected chi connectivity index (χ4v) is 5.78. The molecule has 0 amide bonds. The molecule has 1 aliphatic heterocycles. The Hall–Kier alpha value is -3.07. The van der Waals surface area contributed by atoms with Crippen molar-refractivity contribution in [3.63, 3.8) is 0 Å². The molecule has 0 aromatic heterocycles. The first-order valence-electron chi connectivity index (χ1n) is 12.5. The molecule has 176 valence electrons. The fourth-order valence-electron chi connectivity index (χ4n) is 5.78. The Bertz CT molecular complexity index is 1170. The Kier molecular flexibility index (Phi) is 6.20. The Morgan fingerprint density at radius 3 is 2.35 bits per heavy atom. The van der Waals surface area contributed by atoms with Crippen molar-refractivity contribution in [2.75, 3.05) is 13.7 Å². The topological polar surface area (TPSA) is 35.5 Å². The zero-order valence-electron chi connectivity index (χ0n) is 20.6. The second-order valence-corrected chi connectivity index (χ2v) is 10.1. The van der Waals surface area contributed by atoms with Crippen LogP contribution in [-0.2, 0) is 16.0 Å². The van der Waals surface area contributed by atoms with E-state index in [0.29, 0.717) is 18.4 Å². The Morgan fingerprint density at radius 1 is 1.00 bits per heavy atom. The van der Waals surface area contributed by atoms with Gasteiger partial charge in [0, 0.05) is 5.92 Å². The van der Waals surface area contributed by atoms with E-state index < -0.39 is 0 Å². The first-order chi connectivity index (χ1) is 16.5. The van der Waals surface area contributed by atoms with Crippen LogP contribution in [0.4, 0.5) is 0 Å². The lowest BCUT2D eigenvalue weighted by Gasteiger charge is -2.28. The molecule has 1 unspecified atom stereocenters. The third-order valence-electron chi connectivity index (χ3n) is 7.77. The van der Waals surface area contributed by atoms with Crippen molar-refractivity contribution in [3.8, 4) is 16.9 Å². The molecule has 1 fully saturated rings. The lowest BCUT2D eigenvalue weighted by atomic mass is 9.81. The van der Waals surface area contributed by atoms with E-state index in [2.05, 4.69) is 74.5 Å². The average Bonchev–Trinajstić information content (AvgIpc) is 3.68. The molecule has 3 aromatic rings. The SMILES string of the molecule is COC(=O)[C@@H](C)[C@H](c1ccc2c(c1)CC(c1ccc(-c3c(C)cccc3C)cc1)CO2)C1CC1. The van der Waals surface area contributed by atoms with Crippen molar-refractivity contribution in [2.24, 2.45) is 11.8 Å². The molecule has 3 atom stereocenters. The average molecular weight is 455 g/mol. The van der Waals surface area contributed by atoms with Gasteiger partial charge in [-0.2, -0.15) is 0 Å². The van der Waals surface area contributed by atoms with Crippen LogP contribution in [0, 0.1) is 25.7 Å². The summed E-state index contributed by atoms with van der Waals surface area (Å²) in [4.78, 5) is 12.3. The number of aryl methyl sites for hydroxylation is 2. The number of rotatable bonds is 6. The zero-order chi connectivity index (χ0) is 23.8. The molecule has 0 radical (unpaired) electrons. The van der Waals surface area contributed by atoms with Gasteiger partial charge < -0.3 is 9.47 Å². The maximum atomic E-state index is 12.3. The van der Waals surface area contributed by atoms with Crippen molar-refractivity contribution < 1.29 is 14.3 Å². The summed E-state index contributed by atoms with van der Waals surface area (Å²) in [6.45, 7) is 7.05. The van der Waals surface area contributed by atoms with Crippen LogP contribution in [-0.4, -0.2) is 19.7 Å². The number of fused-ring (bicyclic) bond motifs is 1. The van der Waals surface area contributed by atoms with E-state index in [1.165, 1.54) is 58.9 Å². The molecule has 0 N–H and O–H groups in total. The van der Waals surface area contributed by atoms with E-state index in [-0.39, 0.29) is 17.8 Å². The van der Waals surface area contributed by atoms with E-state index in [9.17, 15) is 4.79 Å². The van der Waals surface area contributed by atoms with E-state index in [1.54, 1.807) is 0 Å². The Morgan fingerprint density at radius 2 is 1.71 bits per heavy atom. The minimum Gasteiger partial charge on any atom is -0.493 e. The van der Waals surface area contributed by atoms with Crippen LogP contribution in [0.15, 0.2) is 60.7 Å². The van der Waals surface area contributed by atoms with Gasteiger partial charge in [-0.15, -0.1) is 0 Å². The predicted octanol–water partition coefficient (Wildman–Crippen LogP) is 6.99. The molecule has 3 aromatic carbocycles. The zero-order valence-corrected chi connectivity index (χ0v) is 20.6. The highest BCUT2D eigenvalue weighted by Gasteiger charge is 2.39. The number of ether oxygens (including phenoxy) is 2. The highest BCUT2D eigenvalue weighted by Crippen LogP contribution is 2.48. The molecule has 0 spiro atoms. The standard InChI is InChI=1S/C31H34O3/c1-19-6-5-7-20(2)29(19)23-10-8-22(9-11-23)27-17-26-16-25(14-15-28(26)34-18-27)30(24-12-13-24)21(3)31(32)33-4/h5-11,14-16,21,24,27,30H,12-13,17-18H2,1-4H3/t21-,27?,30-/m0/s1. The van der Waals surface area contributed by atoms with Crippen molar-refractivity contribution in [3.05, 3.63) is 88.5 Å². The Balaban J connectivity index is 1.38. The highest BCUT2D eigenvalue weighted by molar-refractivity contribution is 5.73. The molecule has 2 aliphatic rings. The number of hydrogen-bond donors (Lipinski definition) is 0. The summed E-state index contributed by atoms with van der Waals surface area (Å²) in [6, 6.07) is 22.0. The summed E-state index contributed by atoms with van der Waals surface area (Å²) >= 11 is 0.